The average molecular weight is 406 g/mol. The molecule has 3 amide bonds. The second-order valence-corrected chi connectivity index (χ2v) is 6.82. The van der Waals surface area contributed by atoms with Gasteiger partial charge in [0.2, 0.25) is 5.91 Å². The monoisotopic (exact) mass is 406 g/mol. The summed E-state index contributed by atoms with van der Waals surface area (Å²) < 4.78 is 27.6. The third-order valence-corrected chi connectivity index (χ3v) is 4.92. The molecular formula is C23H16F2N2O3. The van der Waals surface area contributed by atoms with Gasteiger partial charge in [0.05, 0.1) is 16.8 Å². The first-order valence-corrected chi connectivity index (χ1v) is 9.23. The Morgan fingerprint density at radius 2 is 1.43 bits per heavy atom. The van der Waals surface area contributed by atoms with Crippen LogP contribution in [0.2, 0.25) is 0 Å². The Labute approximate surface area is 170 Å². The van der Waals surface area contributed by atoms with E-state index in [1.54, 1.807) is 42.5 Å². The zero-order chi connectivity index (χ0) is 21.3. The molecule has 0 aliphatic carbocycles. The topological polar surface area (TPSA) is 66.5 Å². The van der Waals surface area contributed by atoms with Gasteiger partial charge in [-0.2, -0.15) is 0 Å². The Hall–Kier alpha value is -3.87. The largest absolute Gasteiger partial charge is 0.322 e. The fourth-order valence-electron chi connectivity index (χ4n) is 3.45. The van der Waals surface area contributed by atoms with Crippen LogP contribution in [0.4, 0.5) is 14.5 Å². The van der Waals surface area contributed by atoms with Gasteiger partial charge < -0.3 is 5.32 Å². The molecule has 0 fully saturated rings. The third-order valence-electron chi connectivity index (χ3n) is 4.92. The van der Waals surface area contributed by atoms with Crippen LogP contribution in [-0.4, -0.2) is 28.7 Å². The van der Waals surface area contributed by atoms with Crippen LogP contribution in [0.5, 0.6) is 0 Å². The lowest BCUT2D eigenvalue weighted by Crippen LogP contribution is -2.48. The highest BCUT2D eigenvalue weighted by molar-refractivity contribution is 6.23. The number of imide groups is 1. The van der Waals surface area contributed by atoms with Crippen LogP contribution < -0.4 is 5.32 Å². The fourth-order valence-corrected chi connectivity index (χ4v) is 3.45. The van der Waals surface area contributed by atoms with E-state index in [0.717, 1.165) is 11.0 Å². The maximum Gasteiger partial charge on any atom is 0.262 e. The van der Waals surface area contributed by atoms with Gasteiger partial charge in [-0.05, 0) is 29.8 Å². The van der Waals surface area contributed by atoms with Crippen molar-refractivity contribution in [3.63, 3.8) is 0 Å². The maximum atomic E-state index is 14.1. The van der Waals surface area contributed by atoms with Crippen LogP contribution in [0.15, 0.2) is 72.8 Å². The maximum absolute atomic E-state index is 14.1. The van der Waals surface area contributed by atoms with Crippen LogP contribution in [0.3, 0.4) is 0 Å². The molecule has 0 spiro atoms. The summed E-state index contributed by atoms with van der Waals surface area (Å²) in [5.74, 6) is -4.34. The molecule has 3 aromatic carbocycles. The molecule has 1 heterocycles. The summed E-state index contributed by atoms with van der Waals surface area (Å²) in [5.41, 5.74) is 0.735. The average Bonchev–Trinajstić information content (AvgIpc) is 3.01. The predicted molar refractivity (Wildman–Crippen MR) is 106 cm³/mol. The number of carbonyl (C=O) groups excluding carboxylic acids is 3. The van der Waals surface area contributed by atoms with E-state index in [4.69, 9.17) is 0 Å². The number of halogens is 2. The number of fused-ring (bicyclic) bond motifs is 1. The van der Waals surface area contributed by atoms with Crippen LogP contribution in [-0.2, 0) is 11.2 Å². The molecule has 0 radical (unpaired) electrons. The van der Waals surface area contributed by atoms with Gasteiger partial charge in [-0.1, -0.05) is 48.5 Å². The summed E-state index contributed by atoms with van der Waals surface area (Å²) in [6.07, 6.45) is 0.0229. The number of hydrogen-bond donors (Lipinski definition) is 1. The molecule has 0 saturated heterocycles. The molecule has 1 aliphatic heterocycles. The summed E-state index contributed by atoms with van der Waals surface area (Å²) in [4.78, 5) is 39.8. The third kappa shape index (κ3) is 3.45. The number of nitrogens with one attached hydrogen (secondary N) is 1. The summed E-state index contributed by atoms with van der Waals surface area (Å²) >= 11 is 0. The molecule has 0 bridgehead atoms. The highest BCUT2D eigenvalue weighted by Gasteiger charge is 2.42. The molecule has 7 heteroatoms. The molecule has 1 unspecified atom stereocenters. The van der Waals surface area contributed by atoms with Crippen molar-refractivity contribution >= 4 is 23.4 Å². The van der Waals surface area contributed by atoms with Crippen molar-refractivity contribution in [2.45, 2.75) is 12.5 Å². The summed E-state index contributed by atoms with van der Waals surface area (Å²) in [6, 6.07) is 17.2. The minimum absolute atomic E-state index is 0.0229. The molecule has 0 aromatic heterocycles. The van der Waals surface area contributed by atoms with E-state index in [0.29, 0.717) is 5.56 Å². The number of carbonyl (C=O) groups is 3. The van der Waals surface area contributed by atoms with E-state index in [1.807, 2.05) is 0 Å². The van der Waals surface area contributed by atoms with E-state index in [1.165, 1.54) is 24.3 Å². The molecule has 4 rings (SSSR count). The molecule has 1 aliphatic rings. The van der Waals surface area contributed by atoms with E-state index in [-0.39, 0.29) is 23.2 Å². The van der Waals surface area contributed by atoms with Crippen molar-refractivity contribution in [2.24, 2.45) is 0 Å². The molecular weight excluding hydrogens is 390 g/mol. The van der Waals surface area contributed by atoms with Gasteiger partial charge in [-0.15, -0.1) is 0 Å². The zero-order valence-electron chi connectivity index (χ0n) is 15.6. The number of rotatable bonds is 5. The minimum Gasteiger partial charge on any atom is -0.322 e. The number of nitrogens with zero attached hydrogens (tertiary/aromatic N) is 1. The van der Waals surface area contributed by atoms with E-state index < -0.39 is 35.4 Å². The Morgan fingerprint density at radius 1 is 0.833 bits per heavy atom. The molecule has 30 heavy (non-hydrogen) atoms. The van der Waals surface area contributed by atoms with E-state index >= 15 is 0 Å². The van der Waals surface area contributed by atoms with Gasteiger partial charge in [0, 0.05) is 6.42 Å². The lowest BCUT2D eigenvalue weighted by Gasteiger charge is -2.25. The molecule has 3 aromatic rings. The van der Waals surface area contributed by atoms with E-state index in [2.05, 4.69) is 5.32 Å². The quantitative estimate of drug-likeness (QED) is 0.656. The van der Waals surface area contributed by atoms with Crippen molar-refractivity contribution in [1.82, 2.24) is 4.90 Å². The predicted octanol–water partition coefficient (Wildman–Crippen LogP) is 3.81. The van der Waals surface area contributed by atoms with Crippen molar-refractivity contribution in [2.75, 3.05) is 5.32 Å². The van der Waals surface area contributed by atoms with Gasteiger partial charge in [-0.25, -0.2) is 8.78 Å². The fraction of sp³-hybridized carbons (Fsp3) is 0.0870. The SMILES string of the molecule is O=C(Nc1cccc(F)c1F)C(Cc1ccccc1)N1C(=O)c2ccccc2C1=O. The Bertz CT molecular complexity index is 1110. The minimum atomic E-state index is -1.25. The van der Waals surface area contributed by atoms with Crippen LogP contribution >= 0.6 is 0 Å². The normalized spacial score (nSPS) is 13.9. The van der Waals surface area contributed by atoms with Gasteiger partial charge in [0.25, 0.3) is 11.8 Å². The number of hydrogen-bond acceptors (Lipinski definition) is 3. The number of amides is 3. The molecule has 1 atom stereocenters. The van der Waals surface area contributed by atoms with Crippen molar-refractivity contribution in [3.8, 4) is 0 Å². The Balaban J connectivity index is 1.70. The molecule has 150 valence electrons. The summed E-state index contributed by atoms with van der Waals surface area (Å²) in [5, 5.41) is 2.32. The van der Waals surface area contributed by atoms with Gasteiger partial charge in [0.1, 0.15) is 6.04 Å². The second-order valence-electron chi connectivity index (χ2n) is 6.82. The highest BCUT2D eigenvalue weighted by atomic mass is 19.2. The van der Waals surface area contributed by atoms with Gasteiger partial charge >= 0.3 is 0 Å². The smallest absolute Gasteiger partial charge is 0.262 e. The highest BCUT2D eigenvalue weighted by Crippen LogP contribution is 2.27. The van der Waals surface area contributed by atoms with E-state index in [9.17, 15) is 23.2 Å². The van der Waals surface area contributed by atoms with Crippen LogP contribution in [0, 0.1) is 11.6 Å². The van der Waals surface area contributed by atoms with Crippen molar-refractivity contribution in [1.29, 1.82) is 0 Å². The lowest BCUT2D eigenvalue weighted by atomic mass is 10.0. The van der Waals surface area contributed by atoms with Gasteiger partial charge in [-0.3, -0.25) is 19.3 Å². The Kier molecular flexibility index (Phi) is 5.10. The molecule has 0 saturated carbocycles. The van der Waals surface area contributed by atoms with Crippen LogP contribution in [0.25, 0.3) is 0 Å². The number of anilines is 1. The van der Waals surface area contributed by atoms with Crippen molar-refractivity contribution in [3.05, 3.63) is 101 Å². The lowest BCUT2D eigenvalue weighted by molar-refractivity contribution is -0.120. The zero-order valence-corrected chi connectivity index (χ0v) is 15.6. The first kappa shape index (κ1) is 19.4. The summed E-state index contributed by atoms with van der Waals surface area (Å²) in [6.45, 7) is 0. The summed E-state index contributed by atoms with van der Waals surface area (Å²) in [7, 11) is 0. The standard InChI is InChI=1S/C23H16F2N2O3/c24-17-11-6-12-18(20(17)25)26-21(28)19(13-14-7-2-1-3-8-14)27-22(29)15-9-4-5-10-16(15)23(27)30/h1-12,19H,13H2,(H,26,28). The van der Waals surface area contributed by atoms with Crippen LogP contribution in [0.1, 0.15) is 26.3 Å². The molecule has 1 N–H and O–H groups in total. The first-order chi connectivity index (χ1) is 14.5. The second kappa shape index (κ2) is 7.87. The van der Waals surface area contributed by atoms with Crippen molar-refractivity contribution < 1.29 is 23.2 Å². The van der Waals surface area contributed by atoms with Gasteiger partial charge in [0.15, 0.2) is 11.6 Å². The first-order valence-electron chi connectivity index (χ1n) is 9.23. The molecule has 5 nitrogen and oxygen atoms in total. The Morgan fingerprint density at radius 3 is 2.07 bits per heavy atom. The number of benzene rings is 3.